The number of nitrogens with zero attached hydrogens (tertiary/aromatic N) is 1. The zero-order chi connectivity index (χ0) is 16.6. The Labute approximate surface area is 135 Å². The van der Waals surface area contributed by atoms with Gasteiger partial charge < -0.3 is 19.5 Å². The van der Waals surface area contributed by atoms with Gasteiger partial charge in [0.05, 0.1) is 18.4 Å². The number of rotatable bonds is 3. The first-order valence-electron chi connectivity index (χ1n) is 7.75. The lowest BCUT2D eigenvalue weighted by molar-refractivity contribution is -0.147. The molecule has 124 valence electrons. The molecule has 2 aliphatic heterocycles. The van der Waals surface area contributed by atoms with Crippen molar-refractivity contribution in [3.05, 3.63) is 23.8 Å². The van der Waals surface area contributed by atoms with Crippen LogP contribution >= 0.6 is 0 Å². The summed E-state index contributed by atoms with van der Waals surface area (Å²) in [5.41, 5.74) is 0.145. The number of carboxylic acids is 1. The predicted molar refractivity (Wildman–Crippen MR) is 82.6 cm³/mol. The molecule has 1 fully saturated rings. The van der Waals surface area contributed by atoms with Crippen LogP contribution in [0.3, 0.4) is 0 Å². The average molecular weight is 319 g/mol. The van der Waals surface area contributed by atoms with Crippen molar-refractivity contribution in [2.24, 2.45) is 11.3 Å². The maximum absolute atomic E-state index is 12.7. The summed E-state index contributed by atoms with van der Waals surface area (Å²) in [7, 11) is 1.60. The number of fused-ring (bicyclic) bond motifs is 1. The lowest BCUT2D eigenvalue weighted by Gasteiger charge is -2.29. The fourth-order valence-corrected chi connectivity index (χ4v) is 3.22. The average Bonchev–Trinajstić information content (AvgIpc) is 2.97. The number of hydrogen-bond donors (Lipinski definition) is 1. The van der Waals surface area contributed by atoms with Gasteiger partial charge in [0.15, 0.2) is 0 Å². The van der Waals surface area contributed by atoms with Crippen LogP contribution in [0, 0.1) is 11.3 Å². The van der Waals surface area contributed by atoms with Crippen molar-refractivity contribution in [3.8, 4) is 11.5 Å². The van der Waals surface area contributed by atoms with E-state index in [-0.39, 0.29) is 18.4 Å². The van der Waals surface area contributed by atoms with Crippen molar-refractivity contribution in [3.63, 3.8) is 0 Å². The smallest absolute Gasteiger partial charge is 0.311 e. The largest absolute Gasteiger partial charge is 0.497 e. The third-order valence-electron chi connectivity index (χ3n) is 4.83. The van der Waals surface area contributed by atoms with E-state index in [1.54, 1.807) is 18.9 Å². The van der Waals surface area contributed by atoms with Gasteiger partial charge in [-0.05, 0) is 31.4 Å². The molecule has 0 aliphatic carbocycles. The minimum absolute atomic E-state index is 0.0172. The minimum Gasteiger partial charge on any atom is -0.497 e. The topological polar surface area (TPSA) is 76.1 Å². The van der Waals surface area contributed by atoms with Crippen molar-refractivity contribution in [1.82, 2.24) is 4.90 Å². The maximum Gasteiger partial charge on any atom is 0.311 e. The molecule has 6 nitrogen and oxygen atoms in total. The van der Waals surface area contributed by atoms with Crippen LogP contribution in [-0.2, 0) is 16.0 Å². The number of methoxy groups -OCH3 is 1. The molecule has 1 amide bonds. The Morgan fingerprint density at radius 1 is 1.43 bits per heavy atom. The Morgan fingerprint density at radius 2 is 2.22 bits per heavy atom. The third kappa shape index (κ3) is 2.85. The summed E-state index contributed by atoms with van der Waals surface area (Å²) >= 11 is 0. The molecule has 23 heavy (non-hydrogen) atoms. The van der Waals surface area contributed by atoms with Crippen molar-refractivity contribution < 1.29 is 24.2 Å². The van der Waals surface area contributed by atoms with Crippen LogP contribution in [0.5, 0.6) is 11.5 Å². The van der Waals surface area contributed by atoms with Crippen molar-refractivity contribution >= 4 is 11.9 Å². The highest BCUT2D eigenvalue weighted by molar-refractivity contribution is 5.82. The summed E-state index contributed by atoms with van der Waals surface area (Å²) in [4.78, 5) is 25.7. The first-order chi connectivity index (χ1) is 10.9. The van der Waals surface area contributed by atoms with Crippen LogP contribution in [0.4, 0.5) is 0 Å². The van der Waals surface area contributed by atoms with E-state index < -0.39 is 11.4 Å². The van der Waals surface area contributed by atoms with Crippen LogP contribution in [-0.4, -0.2) is 48.7 Å². The SMILES string of the molecule is COc1ccc2c(c1)OCC(C(=O)N1CCC(C)(C(=O)O)C1)C2. The maximum atomic E-state index is 12.7. The van der Waals surface area contributed by atoms with E-state index >= 15 is 0 Å². The van der Waals surface area contributed by atoms with Crippen LogP contribution < -0.4 is 9.47 Å². The number of likely N-dealkylation sites (tertiary alicyclic amines) is 1. The quantitative estimate of drug-likeness (QED) is 0.915. The first-order valence-corrected chi connectivity index (χ1v) is 7.75. The standard InChI is InChI=1S/C17H21NO5/c1-17(16(20)21)5-6-18(10-17)15(19)12-7-11-3-4-13(22-2)8-14(11)23-9-12/h3-4,8,12H,5-7,9-10H2,1-2H3,(H,20,21). The molecule has 2 atom stereocenters. The van der Waals surface area contributed by atoms with Gasteiger partial charge in [0.2, 0.25) is 5.91 Å². The highest BCUT2D eigenvalue weighted by atomic mass is 16.5. The predicted octanol–water partition coefficient (Wildman–Crippen LogP) is 1.57. The molecule has 2 heterocycles. The highest BCUT2D eigenvalue weighted by Gasteiger charge is 2.43. The van der Waals surface area contributed by atoms with Gasteiger partial charge in [-0.3, -0.25) is 9.59 Å². The molecule has 1 aromatic rings. The number of benzene rings is 1. The van der Waals surface area contributed by atoms with Crippen LogP contribution in [0.15, 0.2) is 18.2 Å². The van der Waals surface area contributed by atoms with Gasteiger partial charge in [-0.1, -0.05) is 6.07 Å². The van der Waals surface area contributed by atoms with Crippen LogP contribution in [0.1, 0.15) is 18.9 Å². The number of carbonyl (C=O) groups excluding carboxylic acids is 1. The summed E-state index contributed by atoms with van der Waals surface area (Å²) in [6.07, 6.45) is 1.11. The number of aliphatic carboxylic acids is 1. The summed E-state index contributed by atoms with van der Waals surface area (Å²) in [5, 5.41) is 9.29. The van der Waals surface area contributed by atoms with Crippen LogP contribution in [0.2, 0.25) is 0 Å². The molecule has 3 rings (SSSR count). The van der Waals surface area contributed by atoms with Crippen molar-refractivity contribution in [1.29, 1.82) is 0 Å². The second kappa shape index (κ2) is 5.76. The van der Waals surface area contributed by atoms with E-state index in [0.29, 0.717) is 26.0 Å². The van der Waals surface area contributed by atoms with Gasteiger partial charge in [-0.2, -0.15) is 0 Å². The second-order valence-corrected chi connectivity index (χ2v) is 6.56. The van der Waals surface area contributed by atoms with E-state index in [1.165, 1.54) is 0 Å². The molecule has 0 saturated carbocycles. The number of ether oxygens (including phenoxy) is 2. The molecule has 1 aromatic carbocycles. The fourth-order valence-electron chi connectivity index (χ4n) is 3.22. The van der Waals surface area contributed by atoms with Crippen LogP contribution in [0.25, 0.3) is 0 Å². The summed E-state index contributed by atoms with van der Waals surface area (Å²) in [5.74, 6) is 0.365. The van der Waals surface area contributed by atoms with Gasteiger partial charge in [0.25, 0.3) is 0 Å². The number of hydrogen-bond acceptors (Lipinski definition) is 4. The Balaban J connectivity index is 1.69. The zero-order valence-corrected chi connectivity index (χ0v) is 13.4. The van der Waals surface area contributed by atoms with E-state index in [1.807, 2.05) is 18.2 Å². The Morgan fingerprint density at radius 3 is 2.87 bits per heavy atom. The Hall–Kier alpha value is -2.24. The van der Waals surface area contributed by atoms with E-state index in [0.717, 1.165) is 17.1 Å². The second-order valence-electron chi connectivity index (χ2n) is 6.56. The molecular weight excluding hydrogens is 298 g/mol. The number of amides is 1. The Kier molecular flexibility index (Phi) is 3.92. The molecular formula is C17H21NO5. The minimum atomic E-state index is -0.842. The van der Waals surface area contributed by atoms with Gasteiger partial charge in [0.1, 0.15) is 18.1 Å². The lowest BCUT2D eigenvalue weighted by Crippen LogP contribution is -2.41. The van der Waals surface area contributed by atoms with E-state index in [2.05, 4.69) is 0 Å². The molecule has 0 radical (unpaired) electrons. The molecule has 6 heteroatoms. The summed E-state index contributed by atoms with van der Waals surface area (Å²) in [6.45, 7) is 2.78. The number of carbonyl (C=O) groups is 2. The van der Waals surface area contributed by atoms with Crippen molar-refractivity contribution in [2.75, 3.05) is 26.8 Å². The molecule has 1 saturated heterocycles. The van der Waals surface area contributed by atoms with Gasteiger partial charge in [0, 0.05) is 19.2 Å². The fraction of sp³-hybridized carbons (Fsp3) is 0.529. The molecule has 0 bridgehead atoms. The van der Waals surface area contributed by atoms with Gasteiger partial charge in [-0.25, -0.2) is 0 Å². The molecule has 2 unspecified atom stereocenters. The summed E-state index contributed by atoms with van der Waals surface area (Å²) < 4.78 is 10.9. The zero-order valence-electron chi connectivity index (χ0n) is 13.4. The van der Waals surface area contributed by atoms with Crippen molar-refractivity contribution in [2.45, 2.75) is 19.8 Å². The molecule has 2 aliphatic rings. The molecule has 0 spiro atoms. The van der Waals surface area contributed by atoms with E-state index in [4.69, 9.17) is 9.47 Å². The third-order valence-corrected chi connectivity index (χ3v) is 4.83. The monoisotopic (exact) mass is 319 g/mol. The number of carboxylic acid groups (broad SMARTS) is 1. The normalized spacial score (nSPS) is 26.3. The highest BCUT2D eigenvalue weighted by Crippen LogP contribution is 2.34. The molecule has 0 aromatic heterocycles. The Bertz CT molecular complexity index is 644. The van der Waals surface area contributed by atoms with Gasteiger partial charge >= 0.3 is 5.97 Å². The van der Waals surface area contributed by atoms with Gasteiger partial charge in [-0.15, -0.1) is 0 Å². The lowest BCUT2D eigenvalue weighted by atomic mass is 9.90. The van der Waals surface area contributed by atoms with E-state index in [9.17, 15) is 14.7 Å². The first kappa shape index (κ1) is 15.6. The summed E-state index contributed by atoms with van der Waals surface area (Å²) in [6, 6.07) is 5.60. The molecule has 1 N–H and O–H groups in total.